The van der Waals surface area contributed by atoms with Crippen LogP contribution in [0.1, 0.15) is 47.3 Å². The molecule has 2 aromatic rings. The van der Waals surface area contributed by atoms with Gasteiger partial charge in [0.1, 0.15) is 22.3 Å². The molecule has 0 spiro atoms. The van der Waals surface area contributed by atoms with Crippen LogP contribution in [-0.4, -0.2) is 16.8 Å². The van der Waals surface area contributed by atoms with Crippen LogP contribution < -0.4 is 11.1 Å². The number of aromatic nitrogens is 1. The van der Waals surface area contributed by atoms with Crippen LogP contribution in [0.2, 0.25) is 0 Å². The summed E-state index contributed by atoms with van der Waals surface area (Å²) in [6.07, 6.45) is 5.72. The Balaban J connectivity index is 1.80. The third-order valence-electron chi connectivity index (χ3n) is 3.92. The predicted molar refractivity (Wildman–Crippen MR) is 86.8 cm³/mol. The number of anilines is 2. The first-order valence-corrected chi connectivity index (χ1v) is 8.38. The van der Waals surface area contributed by atoms with Crippen LogP contribution in [0.4, 0.5) is 19.7 Å². The standard InChI is InChI=1S/C16H17F2N3OS/c17-10-6-9(7-11(18)8-10)13(22)14-15(19)21-16(23-14)20-12-4-2-1-3-5-12/h6-8,12H,1-5,19H2,(H,20,21). The molecular weight excluding hydrogens is 320 g/mol. The van der Waals surface area contributed by atoms with Gasteiger partial charge in [-0.15, -0.1) is 0 Å². The van der Waals surface area contributed by atoms with Crippen molar-refractivity contribution in [3.8, 4) is 0 Å². The van der Waals surface area contributed by atoms with Gasteiger partial charge in [-0.1, -0.05) is 30.6 Å². The molecule has 1 fully saturated rings. The summed E-state index contributed by atoms with van der Waals surface area (Å²) < 4.78 is 26.5. The number of nitrogen functional groups attached to an aromatic ring is 1. The van der Waals surface area contributed by atoms with Gasteiger partial charge in [-0.25, -0.2) is 13.8 Å². The highest BCUT2D eigenvalue weighted by Crippen LogP contribution is 2.30. The molecule has 23 heavy (non-hydrogen) atoms. The second-order valence-electron chi connectivity index (χ2n) is 5.70. The van der Waals surface area contributed by atoms with Gasteiger partial charge in [-0.05, 0) is 25.0 Å². The Bertz CT molecular complexity index is 706. The molecule has 0 saturated heterocycles. The molecule has 7 heteroatoms. The van der Waals surface area contributed by atoms with Gasteiger partial charge in [0.05, 0.1) is 0 Å². The number of nitrogens with one attached hydrogen (secondary N) is 1. The number of thiazole rings is 1. The quantitative estimate of drug-likeness (QED) is 0.828. The van der Waals surface area contributed by atoms with Crippen molar-refractivity contribution in [2.24, 2.45) is 0 Å². The number of ketones is 1. The summed E-state index contributed by atoms with van der Waals surface area (Å²) >= 11 is 1.13. The minimum Gasteiger partial charge on any atom is -0.382 e. The SMILES string of the molecule is Nc1nc(NC2CCCCC2)sc1C(=O)c1cc(F)cc(F)c1. The molecule has 3 N–H and O–H groups in total. The lowest BCUT2D eigenvalue weighted by Gasteiger charge is -2.22. The van der Waals surface area contributed by atoms with E-state index >= 15 is 0 Å². The van der Waals surface area contributed by atoms with E-state index in [0.29, 0.717) is 11.2 Å². The summed E-state index contributed by atoms with van der Waals surface area (Å²) in [6, 6.07) is 3.06. The van der Waals surface area contributed by atoms with Crippen LogP contribution in [0.5, 0.6) is 0 Å². The van der Waals surface area contributed by atoms with Crippen LogP contribution in [-0.2, 0) is 0 Å². The van der Waals surface area contributed by atoms with Crippen molar-refractivity contribution in [1.82, 2.24) is 4.98 Å². The molecule has 1 heterocycles. The average molecular weight is 337 g/mol. The normalized spacial score (nSPS) is 15.6. The number of hydrogen-bond acceptors (Lipinski definition) is 5. The zero-order chi connectivity index (χ0) is 16.4. The summed E-state index contributed by atoms with van der Waals surface area (Å²) in [5.41, 5.74) is 5.74. The molecule has 1 aromatic carbocycles. The first kappa shape index (κ1) is 15.9. The van der Waals surface area contributed by atoms with Crippen molar-refractivity contribution in [3.05, 3.63) is 40.3 Å². The van der Waals surface area contributed by atoms with Crippen molar-refractivity contribution in [1.29, 1.82) is 0 Å². The minimum atomic E-state index is -0.794. The van der Waals surface area contributed by atoms with E-state index in [1.165, 1.54) is 19.3 Å². The van der Waals surface area contributed by atoms with Crippen molar-refractivity contribution in [3.63, 3.8) is 0 Å². The molecule has 4 nitrogen and oxygen atoms in total. The number of nitrogens with two attached hydrogens (primary N) is 1. The van der Waals surface area contributed by atoms with Gasteiger partial charge in [0.25, 0.3) is 0 Å². The molecule has 0 radical (unpaired) electrons. The summed E-state index contributed by atoms with van der Waals surface area (Å²) in [7, 11) is 0. The van der Waals surface area contributed by atoms with Crippen molar-refractivity contribution >= 4 is 28.1 Å². The smallest absolute Gasteiger partial charge is 0.207 e. The summed E-state index contributed by atoms with van der Waals surface area (Å²) in [6.45, 7) is 0. The fourth-order valence-electron chi connectivity index (χ4n) is 2.79. The first-order valence-electron chi connectivity index (χ1n) is 7.56. The molecule has 1 aromatic heterocycles. The van der Waals surface area contributed by atoms with Crippen molar-refractivity contribution in [2.75, 3.05) is 11.1 Å². The number of benzene rings is 1. The molecule has 0 aliphatic heterocycles. The van der Waals surface area contributed by atoms with Gasteiger partial charge >= 0.3 is 0 Å². The Labute approximate surface area is 136 Å². The van der Waals surface area contributed by atoms with Crippen LogP contribution in [0.3, 0.4) is 0 Å². The second-order valence-corrected chi connectivity index (χ2v) is 6.70. The number of rotatable bonds is 4. The zero-order valence-corrected chi connectivity index (χ0v) is 13.3. The zero-order valence-electron chi connectivity index (χ0n) is 12.4. The topological polar surface area (TPSA) is 68.0 Å². The third kappa shape index (κ3) is 3.67. The molecule has 0 unspecified atom stereocenters. The van der Waals surface area contributed by atoms with Crippen LogP contribution in [0.25, 0.3) is 0 Å². The number of carbonyl (C=O) groups excluding carboxylic acids is 1. The lowest BCUT2D eigenvalue weighted by molar-refractivity contribution is 0.104. The van der Waals surface area contributed by atoms with Crippen LogP contribution in [0.15, 0.2) is 18.2 Å². The Morgan fingerprint density at radius 3 is 2.48 bits per heavy atom. The van der Waals surface area contributed by atoms with Gasteiger partial charge in [-0.2, -0.15) is 0 Å². The molecule has 1 aliphatic rings. The summed E-state index contributed by atoms with van der Waals surface area (Å²) in [5.74, 6) is -2.02. The minimum absolute atomic E-state index is 0.0675. The average Bonchev–Trinajstić information content (AvgIpc) is 2.87. The van der Waals surface area contributed by atoms with Gasteiger partial charge in [0, 0.05) is 17.7 Å². The van der Waals surface area contributed by atoms with E-state index in [2.05, 4.69) is 10.3 Å². The molecule has 0 atom stereocenters. The maximum atomic E-state index is 13.3. The van der Waals surface area contributed by atoms with E-state index in [4.69, 9.17) is 5.73 Å². The molecule has 1 saturated carbocycles. The maximum Gasteiger partial charge on any atom is 0.207 e. The van der Waals surface area contributed by atoms with E-state index in [1.54, 1.807) is 0 Å². The van der Waals surface area contributed by atoms with Crippen LogP contribution >= 0.6 is 11.3 Å². The lowest BCUT2D eigenvalue weighted by Crippen LogP contribution is -2.22. The maximum absolute atomic E-state index is 13.3. The summed E-state index contributed by atoms with van der Waals surface area (Å²) in [4.78, 5) is 16.8. The van der Waals surface area contributed by atoms with Crippen molar-refractivity contribution < 1.29 is 13.6 Å². The predicted octanol–water partition coefficient (Wildman–Crippen LogP) is 3.98. The number of carbonyl (C=O) groups is 1. The van der Waals surface area contributed by atoms with Gasteiger partial charge in [0.2, 0.25) is 5.78 Å². The monoisotopic (exact) mass is 337 g/mol. The van der Waals surface area contributed by atoms with Crippen LogP contribution in [0, 0.1) is 11.6 Å². The molecule has 1 aliphatic carbocycles. The molecule has 3 rings (SSSR count). The Kier molecular flexibility index (Phi) is 4.56. The third-order valence-corrected chi connectivity index (χ3v) is 4.92. The molecular formula is C16H17F2N3OS. The highest BCUT2D eigenvalue weighted by Gasteiger charge is 2.21. The largest absolute Gasteiger partial charge is 0.382 e. The Hall–Kier alpha value is -2.02. The Morgan fingerprint density at radius 2 is 1.83 bits per heavy atom. The van der Waals surface area contributed by atoms with E-state index < -0.39 is 17.4 Å². The molecule has 0 amide bonds. The number of hydrogen-bond donors (Lipinski definition) is 2. The highest BCUT2D eigenvalue weighted by atomic mass is 32.1. The number of nitrogens with zero attached hydrogens (tertiary/aromatic N) is 1. The fourth-order valence-corrected chi connectivity index (χ4v) is 3.72. The lowest BCUT2D eigenvalue weighted by atomic mass is 9.96. The van der Waals surface area contributed by atoms with E-state index in [-0.39, 0.29) is 16.3 Å². The first-order chi connectivity index (χ1) is 11.0. The van der Waals surface area contributed by atoms with Crippen molar-refractivity contribution in [2.45, 2.75) is 38.1 Å². The number of halogens is 2. The van der Waals surface area contributed by atoms with E-state index in [1.807, 2.05) is 0 Å². The van der Waals surface area contributed by atoms with Gasteiger partial charge in [0.15, 0.2) is 5.13 Å². The van der Waals surface area contributed by atoms with Gasteiger partial charge in [-0.3, -0.25) is 4.79 Å². The van der Waals surface area contributed by atoms with Gasteiger partial charge < -0.3 is 11.1 Å². The van der Waals surface area contributed by atoms with E-state index in [9.17, 15) is 13.6 Å². The molecule has 122 valence electrons. The summed E-state index contributed by atoms with van der Waals surface area (Å²) in [5, 5.41) is 3.88. The molecule has 0 bridgehead atoms. The second kappa shape index (κ2) is 6.62. The Morgan fingerprint density at radius 1 is 1.17 bits per heavy atom. The van der Waals surface area contributed by atoms with E-state index in [0.717, 1.165) is 42.4 Å². The highest BCUT2D eigenvalue weighted by molar-refractivity contribution is 7.18. The fraction of sp³-hybridized carbons (Fsp3) is 0.375.